The van der Waals surface area contributed by atoms with Gasteiger partial charge in [-0.05, 0) is 64.2 Å². The summed E-state index contributed by atoms with van der Waals surface area (Å²) in [5, 5.41) is 15.9. The molecule has 1 amide bonds. The fourth-order valence-corrected chi connectivity index (χ4v) is 4.78. The van der Waals surface area contributed by atoms with E-state index in [2.05, 4.69) is 21.5 Å². The first-order valence-electron chi connectivity index (χ1n) is 11.4. The van der Waals surface area contributed by atoms with Crippen LogP contribution >= 0.6 is 0 Å². The molecule has 3 aliphatic rings. The molecule has 3 rings (SSSR count). The van der Waals surface area contributed by atoms with Gasteiger partial charge < -0.3 is 15.2 Å². The first kappa shape index (κ1) is 23.4. The van der Waals surface area contributed by atoms with Crippen molar-refractivity contribution in [3.05, 3.63) is 0 Å². The molecule has 1 saturated heterocycles. The summed E-state index contributed by atoms with van der Waals surface area (Å²) in [5.41, 5.74) is 6.55. The summed E-state index contributed by atoms with van der Waals surface area (Å²) in [6.45, 7) is 2.47. The first-order valence-corrected chi connectivity index (χ1v) is 11.4. The van der Waals surface area contributed by atoms with Crippen molar-refractivity contribution in [1.29, 1.82) is 0 Å². The second kappa shape index (κ2) is 11.4. The van der Waals surface area contributed by atoms with Crippen molar-refractivity contribution >= 4 is 11.9 Å². The topological polar surface area (TPSA) is 107 Å². The van der Waals surface area contributed by atoms with Gasteiger partial charge in [0, 0.05) is 31.5 Å². The number of aliphatic hydroxyl groups is 1. The average Bonchev–Trinajstić information content (AvgIpc) is 3.17. The average molecular weight is 428 g/mol. The van der Waals surface area contributed by atoms with Gasteiger partial charge >= 0.3 is 0 Å². The molecule has 172 valence electrons. The summed E-state index contributed by atoms with van der Waals surface area (Å²) in [7, 11) is 1.64. The van der Waals surface area contributed by atoms with Crippen molar-refractivity contribution in [2.45, 2.75) is 95.2 Å². The smallest absolute Gasteiger partial charge is 0.229 e. The number of aliphatic hydroxyl groups excluding tert-OH is 1. The molecule has 3 atom stereocenters. The summed E-state index contributed by atoms with van der Waals surface area (Å²) >= 11 is 0. The van der Waals surface area contributed by atoms with Gasteiger partial charge in [-0.25, -0.2) is 14.8 Å². The minimum absolute atomic E-state index is 0.00720. The predicted molar refractivity (Wildman–Crippen MR) is 113 cm³/mol. The first-order chi connectivity index (χ1) is 14.4. The summed E-state index contributed by atoms with van der Waals surface area (Å²) in [6.07, 6.45) is 5.49. The van der Waals surface area contributed by atoms with E-state index in [1.54, 1.807) is 7.11 Å². The van der Waals surface area contributed by atoms with Crippen LogP contribution in [0.1, 0.15) is 64.7 Å². The molecule has 3 fully saturated rings. The van der Waals surface area contributed by atoms with Crippen LogP contribution in [0.5, 0.6) is 0 Å². The highest BCUT2D eigenvalue weighted by Gasteiger charge is 2.33. The van der Waals surface area contributed by atoms with Crippen LogP contribution in [-0.2, 0) is 9.53 Å². The molecular weight excluding hydrogens is 389 g/mol. The van der Waals surface area contributed by atoms with Gasteiger partial charge in [0.1, 0.15) is 12.3 Å². The summed E-state index contributed by atoms with van der Waals surface area (Å²) in [5.74, 6) is 0.748. The fraction of sp³-hybridized carbons (Fsp3) is 0.905. The lowest BCUT2D eigenvalue weighted by molar-refractivity contribution is -0.125. The highest BCUT2D eigenvalue weighted by Crippen LogP contribution is 2.31. The predicted octanol–water partition coefficient (Wildman–Crippen LogP) is 1.36. The quantitative estimate of drug-likeness (QED) is 0.324. The Labute approximate surface area is 178 Å². The van der Waals surface area contributed by atoms with Crippen molar-refractivity contribution in [1.82, 2.24) is 21.5 Å². The zero-order valence-electron chi connectivity index (χ0n) is 18.2. The van der Waals surface area contributed by atoms with Crippen molar-refractivity contribution in [2.24, 2.45) is 16.8 Å². The summed E-state index contributed by atoms with van der Waals surface area (Å²) in [6, 6.07) is 0.256. The zero-order valence-corrected chi connectivity index (χ0v) is 18.2. The van der Waals surface area contributed by atoms with Gasteiger partial charge in [-0.1, -0.05) is 0 Å². The summed E-state index contributed by atoms with van der Waals surface area (Å²) < 4.78 is 18.6. The molecule has 0 aromatic carbocycles. The van der Waals surface area contributed by atoms with Crippen LogP contribution in [0.2, 0.25) is 0 Å². The Bertz CT molecular complexity index is 577. The maximum atomic E-state index is 13.4. The molecule has 2 saturated carbocycles. The van der Waals surface area contributed by atoms with E-state index in [1.165, 1.54) is 0 Å². The molecule has 9 heteroatoms. The zero-order chi connectivity index (χ0) is 21.5. The van der Waals surface area contributed by atoms with E-state index in [0.717, 1.165) is 19.3 Å². The number of halogens is 1. The number of hydrogen-bond donors (Lipinski definition) is 5. The molecule has 0 radical (unpaired) electrons. The van der Waals surface area contributed by atoms with Crippen LogP contribution in [-0.4, -0.2) is 61.2 Å². The van der Waals surface area contributed by atoms with Gasteiger partial charge in [0.25, 0.3) is 0 Å². The van der Waals surface area contributed by atoms with Crippen molar-refractivity contribution in [3.63, 3.8) is 0 Å². The number of alkyl halides is 1. The Morgan fingerprint density at radius 1 is 1.17 bits per heavy atom. The second-order valence-electron chi connectivity index (χ2n) is 9.13. The minimum Gasteiger partial charge on any atom is -0.393 e. The molecule has 0 aromatic rings. The van der Waals surface area contributed by atoms with Crippen LogP contribution < -0.4 is 21.5 Å². The molecule has 0 bridgehead atoms. The molecule has 30 heavy (non-hydrogen) atoms. The summed E-state index contributed by atoms with van der Waals surface area (Å²) in [4.78, 5) is 17.5. The molecule has 1 aliphatic heterocycles. The van der Waals surface area contributed by atoms with Crippen LogP contribution in [0.15, 0.2) is 4.99 Å². The van der Waals surface area contributed by atoms with E-state index >= 15 is 0 Å². The van der Waals surface area contributed by atoms with Gasteiger partial charge in [-0.2, -0.15) is 0 Å². The number of hydrazine groups is 1. The lowest BCUT2D eigenvalue weighted by atomic mass is 9.82. The molecule has 8 nitrogen and oxygen atoms in total. The normalized spacial score (nSPS) is 36.3. The Kier molecular flexibility index (Phi) is 8.85. The maximum Gasteiger partial charge on any atom is 0.229 e. The lowest BCUT2D eigenvalue weighted by Gasteiger charge is -2.28. The SMILES string of the molecule is COC[C@H](C)N/C(=N\C1CC(C2CCC(F)CC2)NN1)NC(=O)C1CCC(O)CC1. The number of carbonyl (C=O) groups is 1. The largest absolute Gasteiger partial charge is 0.393 e. The molecule has 5 N–H and O–H groups in total. The number of aliphatic imine (C=N–C) groups is 1. The Hall–Kier alpha value is -1.29. The maximum absolute atomic E-state index is 13.4. The second-order valence-corrected chi connectivity index (χ2v) is 9.13. The Morgan fingerprint density at radius 3 is 2.53 bits per heavy atom. The molecular formula is C21H38FN5O3. The third-order valence-electron chi connectivity index (χ3n) is 6.58. The number of hydrogen-bond acceptors (Lipinski definition) is 6. The van der Waals surface area contributed by atoms with Crippen LogP contribution in [0, 0.1) is 11.8 Å². The Morgan fingerprint density at radius 2 is 1.87 bits per heavy atom. The van der Waals surface area contributed by atoms with Gasteiger partial charge in [-0.15, -0.1) is 0 Å². The third kappa shape index (κ3) is 6.87. The molecule has 0 aromatic heterocycles. The number of guanidine groups is 1. The van der Waals surface area contributed by atoms with Gasteiger partial charge in [0.05, 0.1) is 12.7 Å². The van der Waals surface area contributed by atoms with E-state index in [9.17, 15) is 14.3 Å². The molecule has 1 heterocycles. The van der Waals surface area contributed by atoms with Gasteiger partial charge in [-0.3, -0.25) is 15.5 Å². The number of nitrogens with one attached hydrogen (secondary N) is 4. The van der Waals surface area contributed by atoms with E-state index in [-0.39, 0.29) is 36.2 Å². The highest BCUT2D eigenvalue weighted by molar-refractivity contribution is 5.98. The standard InChI is InChI=1S/C21H38FN5O3/c1-13(12-30-2)23-21(25-20(29)15-5-9-17(28)10-6-15)24-19-11-18(26-27-19)14-3-7-16(22)8-4-14/h13-19,26-28H,3-12H2,1-2H3,(H2,23,24,25,29)/t13-,14?,15?,16?,17?,18?,19?/m0/s1. The van der Waals surface area contributed by atoms with Crippen LogP contribution in [0.25, 0.3) is 0 Å². The van der Waals surface area contributed by atoms with Crippen LogP contribution in [0.4, 0.5) is 4.39 Å². The number of amides is 1. The number of rotatable bonds is 6. The fourth-order valence-electron chi connectivity index (χ4n) is 4.78. The number of carbonyl (C=O) groups excluding carboxylic acids is 1. The third-order valence-corrected chi connectivity index (χ3v) is 6.58. The van der Waals surface area contributed by atoms with Crippen molar-refractivity contribution < 1.29 is 19.0 Å². The molecule has 2 aliphatic carbocycles. The van der Waals surface area contributed by atoms with Gasteiger partial charge in [0.2, 0.25) is 5.91 Å². The Balaban J connectivity index is 1.58. The van der Waals surface area contributed by atoms with Crippen molar-refractivity contribution in [2.75, 3.05) is 13.7 Å². The number of ether oxygens (including phenoxy) is 1. The minimum atomic E-state index is -0.654. The highest BCUT2D eigenvalue weighted by atomic mass is 19.1. The van der Waals surface area contributed by atoms with Gasteiger partial charge in [0.15, 0.2) is 5.96 Å². The van der Waals surface area contributed by atoms with E-state index in [1.807, 2.05) is 6.92 Å². The van der Waals surface area contributed by atoms with E-state index in [0.29, 0.717) is 57.0 Å². The monoisotopic (exact) mass is 427 g/mol. The lowest BCUT2D eigenvalue weighted by Crippen LogP contribution is -2.49. The molecule has 2 unspecified atom stereocenters. The van der Waals surface area contributed by atoms with Crippen LogP contribution in [0.3, 0.4) is 0 Å². The number of methoxy groups -OCH3 is 1. The van der Waals surface area contributed by atoms with E-state index in [4.69, 9.17) is 9.73 Å². The van der Waals surface area contributed by atoms with E-state index < -0.39 is 6.17 Å². The van der Waals surface area contributed by atoms with Crippen molar-refractivity contribution in [3.8, 4) is 0 Å². The molecule has 0 spiro atoms. The number of nitrogens with zero attached hydrogens (tertiary/aromatic N) is 1.